The lowest BCUT2D eigenvalue weighted by Crippen LogP contribution is -2.49. The number of carbonyl (C=O) groups excluding carboxylic acids is 2. The quantitative estimate of drug-likeness (QED) is 0.595. The van der Waals surface area contributed by atoms with E-state index in [-0.39, 0.29) is 23.9 Å². The molecule has 7 nitrogen and oxygen atoms in total. The Hall–Kier alpha value is -1.93. The fraction of sp³-hybridized carbons (Fsp3) is 0.429. The minimum absolute atomic E-state index is 0.0530. The fourth-order valence-electron chi connectivity index (χ4n) is 2.24. The van der Waals surface area contributed by atoms with Crippen LogP contribution in [0.2, 0.25) is 0 Å². The number of benzene rings is 1. The second-order valence-electron chi connectivity index (χ2n) is 4.98. The van der Waals surface area contributed by atoms with Crippen LogP contribution in [0.15, 0.2) is 29.2 Å². The molecule has 0 aliphatic carbocycles. The van der Waals surface area contributed by atoms with Crippen LogP contribution >= 0.6 is 0 Å². The summed E-state index contributed by atoms with van der Waals surface area (Å²) in [6.45, 7) is 4.07. The molecule has 1 aliphatic rings. The van der Waals surface area contributed by atoms with E-state index in [1.54, 1.807) is 4.90 Å². The van der Waals surface area contributed by atoms with Gasteiger partial charge in [0, 0.05) is 40.0 Å². The summed E-state index contributed by atoms with van der Waals surface area (Å²) >= 11 is 0. The van der Waals surface area contributed by atoms with Crippen molar-refractivity contribution in [3.05, 3.63) is 24.3 Å². The maximum atomic E-state index is 12.5. The van der Waals surface area contributed by atoms with Crippen molar-refractivity contribution in [3.8, 4) is 5.75 Å². The first-order valence-electron chi connectivity index (χ1n) is 6.85. The molecule has 120 valence electrons. The molecule has 22 heavy (non-hydrogen) atoms. The highest BCUT2D eigenvalue weighted by Gasteiger charge is 2.29. The fourth-order valence-corrected chi connectivity index (χ4v) is 3.66. The molecular formula is C14H18N2O5S. The summed E-state index contributed by atoms with van der Waals surface area (Å²) in [6, 6.07) is 5.70. The highest BCUT2D eigenvalue weighted by molar-refractivity contribution is 7.89. The Labute approximate surface area is 129 Å². The molecule has 0 atom stereocenters. The van der Waals surface area contributed by atoms with E-state index in [2.05, 4.69) is 0 Å². The molecule has 2 rings (SSSR count). The van der Waals surface area contributed by atoms with Crippen LogP contribution in [0.3, 0.4) is 0 Å². The van der Waals surface area contributed by atoms with Gasteiger partial charge in [-0.1, -0.05) is 0 Å². The molecule has 1 aromatic carbocycles. The predicted molar refractivity (Wildman–Crippen MR) is 78.8 cm³/mol. The van der Waals surface area contributed by atoms with E-state index in [9.17, 15) is 18.0 Å². The highest BCUT2D eigenvalue weighted by Crippen LogP contribution is 2.21. The van der Waals surface area contributed by atoms with E-state index < -0.39 is 16.0 Å². The number of nitrogens with zero attached hydrogens (tertiary/aromatic N) is 2. The maximum Gasteiger partial charge on any atom is 0.308 e. The van der Waals surface area contributed by atoms with E-state index in [1.165, 1.54) is 42.4 Å². The van der Waals surface area contributed by atoms with Crippen molar-refractivity contribution >= 4 is 21.9 Å². The van der Waals surface area contributed by atoms with E-state index in [4.69, 9.17) is 4.74 Å². The molecule has 8 heteroatoms. The zero-order chi connectivity index (χ0) is 16.3. The van der Waals surface area contributed by atoms with Crippen LogP contribution in [0.1, 0.15) is 13.8 Å². The predicted octanol–water partition coefficient (Wildman–Crippen LogP) is 0.465. The van der Waals surface area contributed by atoms with Crippen molar-refractivity contribution in [1.82, 2.24) is 9.21 Å². The summed E-state index contributed by atoms with van der Waals surface area (Å²) in [5.41, 5.74) is 0. The first-order chi connectivity index (χ1) is 10.3. The number of sulfonamides is 1. The standard InChI is InChI=1S/C14H18N2O5S/c1-11(17)15-7-9-16(10-8-15)22(19,20)14-5-3-13(4-6-14)21-12(2)18/h3-6H,7-10H2,1-2H3. The summed E-state index contributed by atoms with van der Waals surface area (Å²) in [5, 5.41) is 0. The average molecular weight is 326 g/mol. The van der Waals surface area contributed by atoms with Crippen molar-refractivity contribution in [1.29, 1.82) is 0 Å². The van der Waals surface area contributed by atoms with Gasteiger partial charge in [0.05, 0.1) is 4.90 Å². The molecule has 0 aromatic heterocycles. The summed E-state index contributed by atoms with van der Waals surface area (Å²) in [7, 11) is -3.60. The Bertz CT molecular complexity index is 661. The van der Waals surface area contributed by atoms with Gasteiger partial charge >= 0.3 is 5.97 Å². The summed E-state index contributed by atoms with van der Waals surface area (Å²) in [5.74, 6) is -0.216. The molecular weight excluding hydrogens is 308 g/mol. The number of carbonyl (C=O) groups is 2. The molecule has 0 N–H and O–H groups in total. The minimum Gasteiger partial charge on any atom is -0.427 e. The zero-order valence-electron chi connectivity index (χ0n) is 12.5. The number of rotatable bonds is 3. The van der Waals surface area contributed by atoms with Gasteiger partial charge < -0.3 is 9.64 Å². The molecule has 1 saturated heterocycles. The lowest BCUT2D eigenvalue weighted by atomic mass is 10.3. The Morgan fingerprint density at radius 2 is 1.55 bits per heavy atom. The molecule has 1 aliphatic heterocycles. The number of piperazine rings is 1. The van der Waals surface area contributed by atoms with E-state index in [0.29, 0.717) is 18.8 Å². The first-order valence-corrected chi connectivity index (χ1v) is 8.29. The van der Waals surface area contributed by atoms with Crippen LogP contribution in [0.5, 0.6) is 5.75 Å². The lowest BCUT2D eigenvalue weighted by molar-refractivity contribution is -0.132. The van der Waals surface area contributed by atoms with Gasteiger partial charge in [0.1, 0.15) is 5.75 Å². The first kappa shape index (κ1) is 16.4. The monoisotopic (exact) mass is 326 g/mol. The molecule has 0 unspecified atom stereocenters. The highest BCUT2D eigenvalue weighted by atomic mass is 32.2. The Kier molecular flexibility index (Phi) is 4.82. The number of ether oxygens (including phenoxy) is 1. The van der Waals surface area contributed by atoms with Gasteiger partial charge in [-0.25, -0.2) is 8.42 Å². The topological polar surface area (TPSA) is 84.0 Å². The molecule has 1 heterocycles. The second-order valence-corrected chi connectivity index (χ2v) is 6.91. The van der Waals surface area contributed by atoms with Crippen molar-refractivity contribution < 1.29 is 22.7 Å². The van der Waals surface area contributed by atoms with Crippen molar-refractivity contribution in [2.24, 2.45) is 0 Å². The van der Waals surface area contributed by atoms with Gasteiger partial charge in [-0.05, 0) is 24.3 Å². The van der Waals surface area contributed by atoms with Crippen LogP contribution in [-0.4, -0.2) is 55.7 Å². The molecule has 1 fully saturated rings. The van der Waals surface area contributed by atoms with Gasteiger partial charge in [0.2, 0.25) is 15.9 Å². The lowest BCUT2D eigenvalue weighted by Gasteiger charge is -2.33. The molecule has 1 aromatic rings. The zero-order valence-corrected chi connectivity index (χ0v) is 13.3. The van der Waals surface area contributed by atoms with Crippen LogP contribution in [0.4, 0.5) is 0 Å². The summed E-state index contributed by atoms with van der Waals surface area (Å²) < 4.78 is 31.3. The Balaban J connectivity index is 2.10. The molecule has 0 radical (unpaired) electrons. The van der Waals surface area contributed by atoms with Gasteiger partial charge in [0.25, 0.3) is 0 Å². The van der Waals surface area contributed by atoms with E-state index >= 15 is 0 Å². The van der Waals surface area contributed by atoms with Gasteiger partial charge in [0.15, 0.2) is 0 Å². The Morgan fingerprint density at radius 1 is 1.00 bits per heavy atom. The van der Waals surface area contributed by atoms with Gasteiger partial charge in [-0.2, -0.15) is 4.31 Å². The van der Waals surface area contributed by atoms with Crippen molar-refractivity contribution in [3.63, 3.8) is 0 Å². The minimum atomic E-state index is -3.60. The van der Waals surface area contributed by atoms with Crippen LogP contribution in [0.25, 0.3) is 0 Å². The normalized spacial score (nSPS) is 16.4. The average Bonchev–Trinajstić information content (AvgIpc) is 2.47. The van der Waals surface area contributed by atoms with Gasteiger partial charge in [-0.3, -0.25) is 9.59 Å². The number of esters is 1. The van der Waals surface area contributed by atoms with Gasteiger partial charge in [-0.15, -0.1) is 0 Å². The molecule has 0 saturated carbocycles. The van der Waals surface area contributed by atoms with Crippen LogP contribution in [-0.2, 0) is 19.6 Å². The third-order valence-corrected chi connectivity index (χ3v) is 5.32. The summed E-state index contributed by atoms with van der Waals surface area (Å²) in [4.78, 5) is 23.9. The number of amides is 1. The smallest absolute Gasteiger partial charge is 0.308 e. The molecule has 0 spiro atoms. The third kappa shape index (κ3) is 3.63. The largest absolute Gasteiger partial charge is 0.427 e. The third-order valence-electron chi connectivity index (χ3n) is 3.41. The molecule has 0 bridgehead atoms. The second kappa shape index (κ2) is 6.45. The maximum absolute atomic E-state index is 12.5. The Morgan fingerprint density at radius 3 is 2.00 bits per heavy atom. The van der Waals surface area contributed by atoms with Crippen molar-refractivity contribution in [2.75, 3.05) is 26.2 Å². The SMILES string of the molecule is CC(=O)Oc1ccc(S(=O)(=O)N2CCN(C(C)=O)CC2)cc1. The molecule has 1 amide bonds. The number of hydrogen-bond acceptors (Lipinski definition) is 5. The number of hydrogen-bond donors (Lipinski definition) is 0. The summed E-state index contributed by atoms with van der Waals surface area (Å²) in [6.07, 6.45) is 0. The van der Waals surface area contributed by atoms with Crippen molar-refractivity contribution in [2.45, 2.75) is 18.7 Å². The van der Waals surface area contributed by atoms with E-state index in [1.807, 2.05) is 0 Å². The van der Waals surface area contributed by atoms with Crippen LogP contribution < -0.4 is 4.74 Å². The van der Waals surface area contributed by atoms with E-state index in [0.717, 1.165) is 0 Å². The van der Waals surface area contributed by atoms with Crippen LogP contribution in [0, 0.1) is 0 Å².